The molecule has 0 saturated carbocycles. The number of aromatic nitrogens is 2. The van der Waals surface area contributed by atoms with Gasteiger partial charge >= 0.3 is 0 Å². The summed E-state index contributed by atoms with van der Waals surface area (Å²) in [5.41, 5.74) is 1.05. The Kier molecular flexibility index (Phi) is 4.69. The van der Waals surface area contributed by atoms with Gasteiger partial charge in [0, 0.05) is 13.2 Å². The standard InChI is InChI=1S/C13H20N4O3S/c1-4-7-14-8-11-5-6-13(20-11)21(18,19)16-12-9-17(3)15-10(12)2/h5-6,9,14,16H,4,7-8H2,1-3H3. The van der Waals surface area contributed by atoms with Crippen LogP contribution in [-0.2, 0) is 23.6 Å². The van der Waals surface area contributed by atoms with Gasteiger partial charge in [0.1, 0.15) is 5.76 Å². The molecule has 0 amide bonds. The lowest BCUT2D eigenvalue weighted by Crippen LogP contribution is -2.14. The van der Waals surface area contributed by atoms with Gasteiger partial charge in [0.25, 0.3) is 10.0 Å². The lowest BCUT2D eigenvalue weighted by molar-refractivity contribution is 0.403. The highest BCUT2D eigenvalue weighted by Crippen LogP contribution is 2.20. The Morgan fingerprint density at radius 3 is 2.76 bits per heavy atom. The first kappa shape index (κ1) is 15.6. The third kappa shape index (κ3) is 3.85. The first-order valence-electron chi connectivity index (χ1n) is 6.75. The Balaban J connectivity index is 2.11. The predicted molar refractivity (Wildman–Crippen MR) is 79.5 cm³/mol. The molecule has 0 aromatic carbocycles. The Morgan fingerprint density at radius 1 is 1.38 bits per heavy atom. The van der Waals surface area contributed by atoms with Gasteiger partial charge in [-0.2, -0.15) is 13.5 Å². The number of sulfonamides is 1. The Labute approximate surface area is 124 Å². The predicted octanol–water partition coefficient (Wildman–Crippen LogP) is 1.62. The quantitative estimate of drug-likeness (QED) is 0.758. The van der Waals surface area contributed by atoms with Gasteiger partial charge in [0.05, 0.1) is 17.9 Å². The zero-order valence-electron chi connectivity index (χ0n) is 12.4. The van der Waals surface area contributed by atoms with Crippen LogP contribution in [0.15, 0.2) is 27.8 Å². The minimum atomic E-state index is -3.73. The fraction of sp³-hybridized carbons (Fsp3) is 0.462. The Morgan fingerprint density at radius 2 is 2.14 bits per heavy atom. The Hall–Kier alpha value is -1.80. The fourth-order valence-electron chi connectivity index (χ4n) is 1.88. The van der Waals surface area contributed by atoms with E-state index in [0.29, 0.717) is 23.7 Å². The number of nitrogens with zero attached hydrogens (tertiary/aromatic N) is 2. The van der Waals surface area contributed by atoms with Crippen molar-refractivity contribution in [2.45, 2.75) is 31.9 Å². The normalized spacial score (nSPS) is 11.8. The van der Waals surface area contributed by atoms with E-state index in [2.05, 4.69) is 22.1 Å². The minimum absolute atomic E-state index is 0.0981. The number of hydrogen-bond donors (Lipinski definition) is 2. The molecule has 2 rings (SSSR count). The van der Waals surface area contributed by atoms with Crippen molar-refractivity contribution < 1.29 is 12.8 Å². The molecule has 116 valence electrons. The number of rotatable bonds is 7. The summed E-state index contributed by atoms with van der Waals surface area (Å²) in [7, 11) is -2.00. The van der Waals surface area contributed by atoms with Gasteiger partial charge in [0.15, 0.2) is 0 Å². The molecule has 0 radical (unpaired) electrons. The highest BCUT2D eigenvalue weighted by atomic mass is 32.2. The van der Waals surface area contributed by atoms with Gasteiger partial charge in [0.2, 0.25) is 5.09 Å². The zero-order valence-corrected chi connectivity index (χ0v) is 13.2. The summed E-state index contributed by atoms with van der Waals surface area (Å²) in [5.74, 6) is 0.590. The molecule has 0 unspecified atom stereocenters. The maximum absolute atomic E-state index is 12.2. The lowest BCUT2D eigenvalue weighted by atomic mass is 10.4. The van der Waals surface area contributed by atoms with Gasteiger partial charge < -0.3 is 9.73 Å². The molecule has 0 aliphatic carbocycles. The van der Waals surface area contributed by atoms with Crippen molar-refractivity contribution in [2.24, 2.45) is 7.05 Å². The molecule has 2 aromatic rings. The molecule has 7 nitrogen and oxygen atoms in total. The average molecular weight is 312 g/mol. The van der Waals surface area contributed by atoms with Crippen LogP contribution in [-0.4, -0.2) is 24.7 Å². The molecule has 0 atom stereocenters. The number of aryl methyl sites for hydroxylation is 2. The molecular formula is C13H20N4O3S. The van der Waals surface area contributed by atoms with Crippen LogP contribution >= 0.6 is 0 Å². The van der Waals surface area contributed by atoms with Crippen LogP contribution in [0.1, 0.15) is 24.8 Å². The topological polar surface area (TPSA) is 89.2 Å². The van der Waals surface area contributed by atoms with Gasteiger partial charge in [-0.1, -0.05) is 6.92 Å². The van der Waals surface area contributed by atoms with Gasteiger partial charge in [-0.15, -0.1) is 0 Å². The van der Waals surface area contributed by atoms with E-state index >= 15 is 0 Å². The zero-order chi connectivity index (χ0) is 15.5. The molecule has 2 N–H and O–H groups in total. The molecule has 2 heterocycles. The van der Waals surface area contributed by atoms with Crippen LogP contribution in [0.5, 0.6) is 0 Å². The summed E-state index contributed by atoms with van der Waals surface area (Å²) in [5, 5.41) is 7.15. The second kappa shape index (κ2) is 6.31. The molecule has 2 aromatic heterocycles. The second-order valence-electron chi connectivity index (χ2n) is 4.80. The van der Waals surface area contributed by atoms with Crippen molar-refractivity contribution in [1.29, 1.82) is 0 Å². The van der Waals surface area contributed by atoms with E-state index in [1.807, 2.05) is 0 Å². The summed E-state index contributed by atoms with van der Waals surface area (Å²) >= 11 is 0. The van der Waals surface area contributed by atoms with Crippen LogP contribution in [0.25, 0.3) is 0 Å². The smallest absolute Gasteiger partial charge is 0.295 e. The van der Waals surface area contributed by atoms with Crippen LogP contribution in [0.4, 0.5) is 5.69 Å². The van der Waals surface area contributed by atoms with Crippen LogP contribution in [0, 0.1) is 6.92 Å². The van der Waals surface area contributed by atoms with Crippen molar-refractivity contribution in [1.82, 2.24) is 15.1 Å². The van der Waals surface area contributed by atoms with E-state index in [1.54, 1.807) is 30.9 Å². The van der Waals surface area contributed by atoms with E-state index in [4.69, 9.17) is 4.42 Å². The summed E-state index contributed by atoms with van der Waals surface area (Å²) in [6.07, 6.45) is 2.62. The Bertz CT molecular complexity index is 703. The van der Waals surface area contributed by atoms with Crippen molar-refractivity contribution in [2.75, 3.05) is 11.3 Å². The van der Waals surface area contributed by atoms with Gasteiger partial charge in [-0.25, -0.2) is 0 Å². The van der Waals surface area contributed by atoms with E-state index < -0.39 is 10.0 Å². The first-order chi connectivity index (χ1) is 9.92. The molecule has 21 heavy (non-hydrogen) atoms. The molecule has 0 aliphatic heterocycles. The third-order valence-electron chi connectivity index (χ3n) is 2.89. The molecule has 8 heteroatoms. The van der Waals surface area contributed by atoms with Crippen LogP contribution < -0.4 is 10.0 Å². The van der Waals surface area contributed by atoms with Crippen molar-refractivity contribution in [3.8, 4) is 0 Å². The summed E-state index contributed by atoms with van der Waals surface area (Å²) in [4.78, 5) is 0. The molecule has 0 aliphatic rings. The van der Waals surface area contributed by atoms with Crippen LogP contribution in [0.2, 0.25) is 0 Å². The van der Waals surface area contributed by atoms with Crippen LogP contribution in [0.3, 0.4) is 0 Å². The van der Waals surface area contributed by atoms with E-state index in [-0.39, 0.29) is 5.09 Å². The summed E-state index contributed by atoms with van der Waals surface area (Å²) in [6.45, 7) is 5.16. The minimum Gasteiger partial charge on any atom is -0.446 e. The maximum Gasteiger partial charge on any atom is 0.295 e. The fourth-order valence-corrected chi connectivity index (χ4v) is 2.94. The number of hydrogen-bond acceptors (Lipinski definition) is 5. The molecule has 0 spiro atoms. The van der Waals surface area contributed by atoms with E-state index in [9.17, 15) is 8.42 Å². The largest absolute Gasteiger partial charge is 0.446 e. The molecule has 0 saturated heterocycles. The van der Waals surface area contributed by atoms with E-state index in [0.717, 1.165) is 13.0 Å². The van der Waals surface area contributed by atoms with Gasteiger partial charge in [-0.05, 0) is 32.0 Å². The van der Waals surface area contributed by atoms with E-state index in [1.165, 1.54) is 6.07 Å². The average Bonchev–Trinajstić information content (AvgIpc) is 2.98. The monoisotopic (exact) mass is 312 g/mol. The number of furan rings is 1. The van der Waals surface area contributed by atoms with Crippen molar-refractivity contribution >= 4 is 15.7 Å². The number of anilines is 1. The van der Waals surface area contributed by atoms with Crippen molar-refractivity contribution in [3.63, 3.8) is 0 Å². The number of nitrogens with one attached hydrogen (secondary N) is 2. The third-order valence-corrected chi connectivity index (χ3v) is 4.12. The molecular weight excluding hydrogens is 292 g/mol. The summed E-state index contributed by atoms with van der Waals surface area (Å²) < 4.78 is 33.9. The molecule has 0 fully saturated rings. The highest BCUT2D eigenvalue weighted by Gasteiger charge is 2.20. The summed E-state index contributed by atoms with van der Waals surface area (Å²) in [6, 6.07) is 3.12. The molecule has 0 bridgehead atoms. The first-order valence-corrected chi connectivity index (χ1v) is 8.23. The highest BCUT2D eigenvalue weighted by molar-refractivity contribution is 7.92. The second-order valence-corrected chi connectivity index (χ2v) is 6.42. The SMILES string of the molecule is CCCNCc1ccc(S(=O)(=O)Nc2cn(C)nc2C)o1. The van der Waals surface area contributed by atoms with Gasteiger partial charge in [-0.3, -0.25) is 9.40 Å². The van der Waals surface area contributed by atoms with Crippen molar-refractivity contribution in [3.05, 3.63) is 29.8 Å². The maximum atomic E-state index is 12.2. The lowest BCUT2D eigenvalue weighted by Gasteiger charge is -2.04.